The van der Waals surface area contributed by atoms with E-state index in [9.17, 15) is 14.4 Å². The number of aromatic nitrogens is 5. The van der Waals surface area contributed by atoms with Crippen LogP contribution in [0, 0.1) is 17.8 Å². The third-order valence-electron chi connectivity index (χ3n) is 10.8. The van der Waals surface area contributed by atoms with Crippen molar-refractivity contribution < 1.29 is 28.3 Å². The van der Waals surface area contributed by atoms with Crippen LogP contribution in [0.2, 0.25) is 0 Å². The molecule has 2 aliphatic rings. The summed E-state index contributed by atoms with van der Waals surface area (Å²) < 4.78 is 19.8. The summed E-state index contributed by atoms with van der Waals surface area (Å²) in [5, 5.41) is 2.96. The number of nitrogens with zero attached hydrogens (tertiary/aromatic N) is 7. The van der Waals surface area contributed by atoms with E-state index >= 15 is 0 Å². The number of fused-ring (bicyclic) bond motifs is 1. The van der Waals surface area contributed by atoms with Crippen molar-refractivity contribution >= 4 is 29.6 Å². The first kappa shape index (κ1) is 41.4. The summed E-state index contributed by atoms with van der Waals surface area (Å²) >= 11 is 0. The Bertz CT molecular complexity index is 2160. The molecule has 4 atom stereocenters. The molecule has 0 saturated carbocycles. The van der Waals surface area contributed by atoms with E-state index < -0.39 is 34.7 Å². The molecule has 2 saturated heterocycles. The topological polar surface area (TPSA) is 209 Å². The average Bonchev–Trinajstić information content (AvgIpc) is 3.90. The number of imidazole rings is 1. The molecule has 0 aliphatic carbocycles. The van der Waals surface area contributed by atoms with Gasteiger partial charge in [0.05, 0.1) is 12.2 Å². The molecule has 4 aromatic rings. The predicted molar refractivity (Wildman–Crippen MR) is 215 cm³/mol. The number of amides is 3. The van der Waals surface area contributed by atoms with Gasteiger partial charge in [0.2, 0.25) is 5.89 Å². The van der Waals surface area contributed by atoms with Crippen LogP contribution < -0.4 is 16.8 Å². The van der Waals surface area contributed by atoms with Crippen molar-refractivity contribution in [2.75, 3.05) is 31.9 Å². The lowest BCUT2D eigenvalue weighted by molar-refractivity contribution is 0.0203. The smallest absolute Gasteiger partial charge is 0.410 e. The maximum atomic E-state index is 13.9. The second-order valence-electron chi connectivity index (χ2n) is 18.7. The lowest BCUT2D eigenvalue weighted by Gasteiger charge is -2.30. The minimum absolute atomic E-state index is 0.0778. The van der Waals surface area contributed by atoms with E-state index in [-0.39, 0.29) is 53.1 Å². The summed E-state index contributed by atoms with van der Waals surface area (Å²) in [6, 6.07) is 3.19. The fraction of sp³-hybridized carbons (Fsp3) is 0.585. The zero-order valence-electron chi connectivity index (χ0n) is 35.1. The number of carbonyl (C=O) groups is 3. The molecule has 6 heterocycles. The SMILES string of the molecule is Cc1cnc2ccc(-c3nc(C(=O)NCC4CC(C)(C)CN4C(=O)OC(C)(C)C)c(N)nc3-c3ncc(C(C)C4(C)CC(CN)N(C(=O)OC(C)(C)C)C4)o3)cn12. The Morgan fingerprint density at radius 1 is 0.930 bits per heavy atom. The Kier molecular flexibility index (Phi) is 10.8. The van der Waals surface area contributed by atoms with Gasteiger partial charge in [0.25, 0.3) is 5.91 Å². The fourth-order valence-electron chi connectivity index (χ4n) is 7.85. The van der Waals surface area contributed by atoms with Crippen molar-refractivity contribution in [3.05, 3.63) is 47.9 Å². The van der Waals surface area contributed by atoms with Gasteiger partial charge < -0.3 is 44.9 Å². The normalized spacial score (nSPS) is 21.5. The molecule has 16 heteroatoms. The number of rotatable bonds is 8. The van der Waals surface area contributed by atoms with E-state index in [0.717, 1.165) is 11.3 Å². The van der Waals surface area contributed by atoms with Crippen LogP contribution in [0.1, 0.15) is 110 Å². The quantitative estimate of drug-likeness (QED) is 0.183. The van der Waals surface area contributed by atoms with Gasteiger partial charge in [0, 0.05) is 61.8 Å². The minimum atomic E-state index is -0.662. The zero-order valence-corrected chi connectivity index (χ0v) is 35.1. The van der Waals surface area contributed by atoms with Gasteiger partial charge in [0.1, 0.15) is 28.3 Å². The maximum absolute atomic E-state index is 13.9. The van der Waals surface area contributed by atoms with Crippen molar-refractivity contribution in [1.29, 1.82) is 0 Å². The van der Waals surface area contributed by atoms with Crippen LogP contribution in [0.5, 0.6) is 0 Å². The number of aryl methyl sites for hydroxylation is 1. The molecule has 2 aliphatic heterocycles. The first-order valence-corrected chi connectivity index (χ1v) is 19.5. The number of anilines is 1. The van der Waals surface area contributed by atoms with Crippen LogP contribution in [0.15, 0.2) is 35.1 Å². The lowest BCUT2D eigenvalue weighted by atomic mass is 9.75. The molecule has 0 radical (unpaired) electrons. The van der Waals surface area contributed by atoms with Crippen molar-refractivity contribution in [2.24, 2.45) is 16.6 Å². The first-order chi connectivity index (χ1) is 26.5. The van der Waals surface area contributed by atoms with Crippen molar-refractivity contribution in [1.82, 2.24) is 39.5 Å². The zero-order chi connectivity index (χ0) is 41.8. The van der Waals surface area contributed by atoms with Gasteiger partial charge in [-0.15, -0.1) is 0 Å². The summed E-state index contributed by atoms with van der Waals surface area (Å²) in [5.41, 5.74) is 13.5. The van der Waals surface area contributed by atoms with E-state index in [1.165, 1.54) is 0 Å². The molecule has 0 aromatic carbocycles. The summed E-state index contributed by atoms with van der Waals surface area (Å²) in [7, 11) is 0. The molecule has 6 rings (SSSR count). The van der Waals surface area contributed by atoms with E-state index in [0.29, 0.717) is 49.5 Å². The van der Waals surface area contributed by atoms with Gasteiger partial charge in [-0.1, -0.05) is 27.7 Å². The Morgan fingerprint density at radius 3 is 2.21 bits per heavy atom. The van der Waals surface area contributed by atoms with E-state index in [1.54, 1.807) is 22.2 Å². The molecular formula is C41H58N10O6. The number of carbonyl (C=O) groups excluding carboxylic acids is 3. The highest BCUT2D eigenvalue weighted by atomic mass is 16.6. The molecule has 3 amide bonds. The van der Waals surface area contributed by atoms with Crippen LogP contribution in [-0.4, -0.2) is 102 Å². The minimum Gasteiger partial charge on any atom is -0.444 e. The van der Waals surface area contributed by atoms with Gasteiger partial charge in [-0.2, -0.15) is 0 Å². The Balaban J connectivity index is 1.31. The maximum Gasteiger partial charge on any atom is 0.410 e. The molecule has 4 unspecified atom stereocenters. The van der Waals surface area contributed by atoms with Crippen LogP contribution in [0.4, 0.5) is 15.4 Å². The molecule has 16 nitrogen and oxygen atoms in total. The average molecular weight is 787 g/mol. The summed E-state index contributed by atoms with van der Waals surface area (Å²) in [6.07, 6.45) is 5.77. The van der Waals surface area contributed by atoms with Crippen LogP contribution in [0.3, 0.4) is 0 Å². The largest absolute Gasteiger partial charge is 0.444 e. The molecule has 308 valence electrons. The van der Waals surface area contributed by atoms with Crippen LogP contribution in [-0.2, 0) is 9.47 Å². The van der Waals surface area contributed by atoms with Crippen molar-refractivity contribution in [3.8, 4) is 22.8 Å². The highest BCUT2D eigenvalue weighted by molar-refractivity contribution is 5.97. The van der Waals surface area contributed by atoms with Gasteiger partial charge in [0.15, 0.2) is 17.2 Å². The summed E-state index contributed by atoms with van der Waals surface area (Å²) in [4.78, 5) is 62.3. The van der Waals surface area contributed by atoms with Crippen LogP contribution >= 0.6 is 0 Å². The lowest BCUT2D eigenvalue weighted by Crippen LogP contribution is -2.45. The number of likely N-dealkylation sites (tertiary alicyclic amines) is 2. The highest BCUT2D eigenvalue weighted by Gasteiger charge is 2.48. The summed E-state index contributed by atoms with van der Waals surface area (Å²) in [5.74, 6) is -0.0950. The number of hydrogen-bond donors (Lipinski definition) is 3. The first-order valence-electron chi connectivity index (χ1n) is 19.5. The molecule has 0 bridgehead atoms. The second kappa shape index (κ2) is 14.9. The second-order valence-corrected chi connectivity index (χ2v) is 18.7. The van der Waals surface area contributed by atoms with Gasteiger partial charge in [-0.25, -0.2) is 29.5 Å². The number of nitrogens with one attached hydrogen (secondary N) is 1. The standard InChI is InChI=1S/C41H58N10O6/c1-23-17-44-29-13-12-25(20-49(23)29)30-31(35-46-19-28(55-35)24(2)41(11)15-26(16-42)51(22-41)37(54)57-39(6,7)8)48-33(43)32(47-30)34(52)45-18-27-14-40(9,10)21-50(27)36(53)56-38(3,4)5/h12-13,17,19-20,24,26-27H,14-16,18,21-22,42H2,1-11H3,(H2,43,48)(H,45,52). The third kappa shape index (κ3) is 8.85. The Hall–Kier alpha value is -5.25. The molecule has 2 fully saturated rings. The molecular weight excluding hydrogens is 729 g/mol. The Labute approximate surface area is 334 Å². The van der Waals surface area contributed by atoms with E-state index in [1.807, 2.05) is 78.1 Å². The van der Waals surface area contributed by atoms with Gasteiger partial charge in [-0.3, -0.25) is 4.79 Å². The molecule has 0 spiro atoms. The molecule has 5 N–H and O–H groups in total. The Morgan fingerprint density at radius 2 is 1.58 bits per heavy atom. The summed E-state index contributed by atoms with van der Waals surface area (Å²) in [6.45, 7) is 22.6. The number of ether oxygens (including phenoxy) is 2. The monoisotopic (exact) mass is 786 g/mol. The van der Waals surface area contributed by atoms with Gasteiger partial charge >= 0.3 is 12.2 Å². The third-order valence-corrected chi connectivity index (χ3v) is 10.8. The number of pyridine rings is 1. The fourth-order valence-corrected chi connectivity index (χ4v) is 7.85. The van der Waals surface area contributed by atoms with E-state index in [2.05, 4.69) is 36.1 Å². The molecule has 57 heavy (non-hydrogen) atoms. The van der Waals surface area contributed by atoms with Crippen molar-refractivity contribution in [2.45, 2.75) is 118 Å². The van der Waals surface area contributed by atoms with Crippen molar-refractivity contribution in [3.63, 3.8) is 0 Å². The number of nitrogens with two attached hydrogens (primary N) is 2. The van der Waals surface area contributed by atoms with Gasteiger partial charge in [-0.05, 0) is 84.3 Å². The highest BCUT2D eigenvalue weighted by Crippen LogP contribution is 2.47. The number of nitrogen functional groups attached to an aromatic ring is 1. The number of hydrogen-bond acceptors (Lipinski definition) is 12. The number of oxazole rings is 1. The predicted octanol–water partition coefficient (Wildman–Crippen LogP) is 6.18. The van der Waals surface area contributed by atoms with E-state index in [4.69, 9.17) is 35.3 Å². The van der Waals surface area contributed by atoms with Crippen LogP contribution in [0.25, 0.3) is 28.5 Å². The molecule has 4 aromatic heterocycles.